The molecule has 1 unspecified atom stereocenters. The average molecular weight is 329 g/mol. The zero-order valence-electron chi connectivity index (χ0n) is 13.2. The van der Waals surface area contributed by atoms with Gasteiger partial charge in [0.05, 0.1) is 18.0 Å². The van der Waals surface area contributed by atoms with Crippen LogP contribution in [0, 0.1) is 0 Å². The molecule has 0 saturated carbocycles. The third kappa shape index (κ3) is 2.20. The number of fused-ring (bicyclic) bond motifs is 2. The molecular formula is C17H19N3O2S. The van der Waals surface area contributed by atoms with Crippen LogP contribution in [0.5, 0.6) is 0 Å². The molecule has 4 rings (SSSR count). The van der Waals surface area contributed by atoms with E-state index in [0.717, 1.165) is 46.5 Å². The van der Waals surface area contributed by atoms with Gasteiger partial charge in [-0.05, 0) is 31.0 Å². The Morgan fingerprint density at radius 2 is 2.30 bits per heavy atom. The number of imidazole rings is 1. The third-order valence-electron chi connectivity index (χ3n) is 4.64. The van der Waals surface area contributed by atoms with E-state index in [1.807, 2.05) is 17.0 Å². The maximum Gasteiger partial charge on any atom is 0.224 e. The van der Waals surface area contributed by atoms with Gasteiger partial charge in [0.25, 0.3) is 0 Å². The van der Waals surface area contributed by atoms with Gasteiger partial charge in [0.2, 0.25) is 5.91 Å². The molecule has 0 spiro atoms. The minimum absolute atomic E-state index is 0.00402. The number of rotatable bonds is 2. The summed E-state index contributed by atoms with van der Waals surface area (Å²) in [4.78, 5) is 18.4. The predicted octanol–water partition coefficient (Wildman–Crippen LogP) is 2.45. The van der Waals surface area contributed by atoms with Crippen LogP contribution < -0.4 is 4.90 Å². The van der Waals surface area contributed by atoms with Gasteiger partial charge in [0, 0.05) is 36.5 Å². The van der Waals surface area contributed by atoms with Gasteiger partial charge >= 0.3 is 0 Å². The van der Waals surface area contributed by atoms with Gasteiger partial charge in [0.1, 0.15) is 0 Å². The maximum atomic E-state index is 11.8. The smallest absolute Gasteiger partial charge is 0.224 e. The molecule has 6 heteroatoms. The molecule has 2 aliphatic heterocycles. The predicted molar refractivity (Wildman–Crippen MR) is 90.6 cm³/mol. The number of nitrogens with zero attached hydrogens (tertiary/aromatic N) is 3. The highest BCUT2D eigenvalue weighted by Crippen LogP contribution is 2.38. The molecule has 5 nitrogen and oxygen atoms in total. The second-order valence-corrected chi connectivity index (χ2v) is 7.20. The molecule has 1 atom stereocenters. The van der Waals surface area contributed by atoms with Crippen molar-refractivity contribution in [2.45, 2.75) is 44.6 Å². The van der Waals surface area contributed by atoms with Crippen LogP contribution in [0.15, 0.2) is 23.4 Å². The Balaban J connectivity index is 1.79. The first-order valence-corrected chi connectivity index (χ1v) is 8.85. The van der Waals surface area contributed by atoms with Crippen LogP contribution in [0.4, 0.5) is 5.69 Å². The zero-order valence-corrected chi connectivity index (χ0v) is 14.1. The summed E-state index contributed by atoms with van der Waals surface area (Å²) in [6.07, 6.45) is 0.861. The third-order valence-corrected chi connectivity index (χ3v) is 5.60. The minimum atomic E-state index is -0.00402. The lowest BCUT2D eigenvalue weighted by molar-refractivity contribution is -0.116. The van der Waals surface area contributed by atoms with E-state index < -0.39 is 0 Å². The van der Waals surface area contributed by atoms with Crippen molar-refractivity contribution in [1.82, 2.24) is 9.55 Å². The summed E-state index contributed by atoms with van der Waals surface area (Å²) in [7, 11) is 0. The van der Waals surface area contributed by atoms with Crippen molar-refractivity contribution in [3.05, 3.63) is 29.5 Å². The molecule has 120 valence electrons. The molecule has 1 N–H and O–H groups in total. The van der Waals surface area contributed by atoms with Crippen molar-refractivity contribution >= 4 is 23.4 Å². The molecule has 2 aliphatic rings. The summed E-state index contributed by atoms with van der Waals surface area (Å²) >= 11 is 1.73. The first-order chi connectivity index (χ1) is 11.1. The minimum Gasteiger partial charge on any atom is -0.390 e. The number of anilines is 1. The van der Waals surface area contributed by atoms with Gasteiger partial charge in [-0.1, -0.05) is 17.8 Å². The first-order valence-electron chi connectivity index (χ1n) is 7.86. The van der Waals surface area contributed by atoms with E-state index >= 15 is 0 Å². The fourth-order valence-corrected chi connectivity index (χ4v) is 4.65. The Morgan fingerprint density at radius 3 is 3.04 bits per heavy atom. The van der Waals surface area contributed by atoms with Gasteiger partial charge < -0.3 is 14.6 Å². The van der Waals surface area contributed by atoms with E-state index in [2.05, 4.69) is 17.6 Å². The molecule has 1 aromatic carbocycles. The van der Waals surface area contributed by atoms with Crippen LogP contribution >= 0.6 is 11.8 Å². The topological polar surface area (TPSA) is 58.4 Å². The molecule has 0 saturated heterocycles. The van der Waals surface area contributed by atoms with E-state index in [4.69, 9.17) is 4.98 Å². The summed E-state index contributed by atoms with van der Waals surface area (Å²) in [6, 6.07) is 6.33. The average Bonchev–Trinajstić information content (AvgIpc) is 3.16. The SMILES string of the molecule is CC(=O)N1c2ccc(-c3nc4n(c3CO)CCS4)cc2CC1C. The molecule has 1 aromatic heterocycles. The Labute approximate surface area is 139 Å². The molecule has 0 aliphatic carbocycles. The van der Waals surface area contributed by atoms with Crippen LogP contribution in [0.25, 0.3) is 11.3 Å². The lowest BCUT2D eigenvalue weighted by atomic mass is 10.0. The van der Waals surface area contributed by atoms with Crippen LogP contribution in [0.3, 0.4) is 0 Å². The number of hydrogen-bond donors (Lipinski definition) is 1. The fraction of sp³-hybridized carbons (Fsp3) is 0.412. The normalized spacial score (nSPS) is 19.1. The van der Waals surface area contributed by atoms with Crippen LogP contribution in [0.1, 0.15) is 25.1 Å². The molecule has 0 fully saturated rings. The Kier molecular flexibility index (Phi) is 3.46. The molecule has 0 bridgehead atoms. The van der Waals surface area contributed by atoms with E-state index in [0.29, 0.717) is 0 Å². The number of thioether (sulfide) groups is 1. The van der Waals surface area contributed by atoms with Crippen LogP contribution in [-0.2, 0) is 24.4 Å². The molecule has 23 heavy (non-hydrogen) atoms. The summed E-state index contributed by atoms with van der Waals surface area (Å²) in [5, 5.41) is 10.7. The lowest BCUT2D eigenvalue weighted by Gasteiger charge is -2.20. The van der Waals surface area contributed by atoms with Crippen molar-refractivity contribution in [3.8, 4) is 11.3 Å². The van der Waals surface area contributed by atoms with Crippen LogP contribution in [-0.4, -0.2) is 32.4 Å². The molecule has 0 radical (unpaired) electrons. The molecule has 2 aromatic rings. The standard InChI is InChI=1S/C17H19N3O2S/c1-10-7-13-8-12(3-4-14(13)20(10)11(2)22)16-15(9-21)19-5-6-23-17(19)18-16/h3-4,8,10,21H,5-7,9H2,1-2H3. The van der Waals surface area contributed by atoms with Gasteiger partial charge in [-0.25, -0.2) is 4.98 Å². The molecule has 3 heterocycles. The number of carbonyl (C=O) groups excluding carboxylic acids is 1. The first kappa shape index (κ1) is 14.8. The highest BCUT2D eigenvalue weighted by molar-refractivity contribution is 7.99. The Bertz CT molecular complexity index is 799. The Hall–Kier alpha value is -1.79. The van der Waals surface area contributed by atoms with Crippen molar-refractivity contribution in [2.75, 3.05) is 10.7 Å². The number of aromatic nitrogens is 2. The van der Waals surface area contributed by atoms with Gasteiger partial charge in [0.15, 0.2) is 5.16 Å². The number of aliphatic hydroxyl groups is 1. The van der Waals surface area contributed by atoms with Gasteiger partial charge in [-0.3, -0.25) is 4.79 Å². The van der Waals surface area contributed by atoms with E-state index in [1.165, 1.54) is 5.56 Å². The van der Waals surface area contributed by atoms with E-state index in [9.17, 15) is 9.90 Å². The number of aliphatic hydroxyl groups excluding tert-OH is 1. The van der Waals surface area contributed by atoms with Crippen molar-refractivity contribution in [3.63, 3.8) is 0 Å². The summed E-state index contributed by atoms with van der Waals surface area (Å²) in [5.41, 5.74) is 4.95. The maximum absolute atomic E-state index is 11.8. The number of amides is 1. The van der Waals surface area contributed by atoms with E-state index in [-0.39, 0.29) is 18.6 Å². The molecule has 1 amide bonds. The number of hydrogen-bond acceptors (Lipinski definition) is 4. The quantitative estimate of drug-likeness (QED) is 0.919. The van der Waals surface area contributed by atoms with Gasteiger partial charge in [-0.2, -0.15) is 0 Å². The Morgan fingerprint density at radius 1 is 1.48 bits per heavy atom. The highest BCUT2D eigenvalue weighted by atomic mass is 32.2. The fourth-order valence-electron chi connectivity index (χ4n) is 3.68. The van der Waals surface area contributed by atoms with Crippen molar-refractivity contribution < 1.29 is 9.90 Å². The molecular weight excluding hydrogens is 310 g/mol. The number of carbonyl (C=O) groups is 1. The summed E-state index contributed by atoms with van der Waals surface area (Å²) < 4.78 is 2.11. The highest BCUT2D eigenvalue weighted by Gasteiger charge is 2.30. The number of benzene rings is 1. The second-order valence-electron chi connectivity index (χ2n) is 6.13. The van der Waals surface area contributed by atoms with Gasteiger partial charge in [-0.15, -0.1) is 0 Å². The second kappa shape index (κ2) is 5.39. The summed E-state index contributed by atoms with van der Waals surface area (Å²) in [6.45, 7) is 4.58. The van der Waals surface area contributed by atoms with Crippen molar-refractivity contribution in [2.24, 2.45) is 0 Å². The largest absolute Gasteiger partial charge is 0.390 e. The van der Waals surface area contributed by atoms with Crippen LogP contribution in [0.2, 0.25) is 0 Å². The van der Waals surface area contributed by atoms with E-state index in [1.54, 1.807) is 18.7 Å². The lowest BCUT2D eigenvalue weighted by Crippen LogP contribution is -2.33. The summed E-state index contributed by atoms with van der Waals surface area (Å²) in [5.74, 6) is 1.10. The van der Waals surface area contributed by atoms with Crippen molar-refractivity contribution in [1.29, 1.82) is 0 Å². The monoisotopic (exact) mass is 329 g/mol. The zero-order chi connectivity index (χ0) is 16.1.